The van der Waals surface area contributed by atoms with Gasteiger partial charge in [-0.15, -0.1) is 0 Å². The maximum atomic E-state index is 12.5. The molecule has 39 heavy (non-hydrogen) atoms. The Kier molecular flexibility index (Phi) is 11.1. The van der Waals surface area contributed by atoms with Crippen LogP contribution in [0.4, 0.5) is 0 Å². The molecule has 0 saturated carbocycles. The van der Waals surface area contributed by atoms with E-state index in [1.165, 1.54) is 0 Å². The molecule has 1 aliphatic heterocycles. The highest BCUT2D eigenvalue weighted by Gasteiger charge is 2.18. The lowest BCUT2D eigenvalue weighted by atomic mass is 10.1. The Morgan fingerprint density at radius 2 is 2.00 bits per heavy atom. The van der Waals surface area contributed by atoms with Crippen LogP contribution in [0.5, 0.6) is 0 Å². The molecule has 0 radical (unpaired) electrons. The van der Waals surface area contributed by atoms with Gasteiger partial charge in [0.05, 0.1) is 25.9 Å². The van der Waals surface area contributed by atoms with Gasteiger partial charge in [-0.3, -0.25) is 9.69 Å². The number of carbonyl (C=O) groups is 1. The molecular weight excluding hydrogens is 494 g/mol. The number of morpholine rings is 1. The van der Waals surface area contributed by atoms with Gasteiger partial charge >= 0.3 is 0 Å². The van der Waals surface area contributed by atoms with E-state index >= 15 is 0 Å². The van der Waals surface area contributed by atoms with Gasteiger partial charge in [0.15, 0.2) is 0 Å². The summed E-state index contributed by atoms with van der Waals surface area (Å²) in [6, 6.07) is 11.9. The van der Waals surface area contributed by atoms with E-state index in [2.05, 4.69) is 34.3 Å². The van der Waals surface area contributed by atoms with Gasteiger partial charge in [-0.1, -0.05) is 24.8 Å². The van der Waals surface area contributed by atoms with Gasteiger partial charge in [0, 0.05) is 56.9 Å². The molecule has 0 spiro atoms. The molecule has 1 aliphatic rings. The van der Waals surface area contributed by atoms with Crippen LogP contribution in [-0.4, -0.2) is 84.2 Å². The summed E-state index contributed by atoms with van der Waals surface area (Å²) >= 11 is 0. The molecule has 0 bridgehead atoms. The van der Waals surface area contributed by atoms with Crippen molar-refractivity contribution in [3.8, 4) is 17.3 Å². The quantitative estimate of drug-likeness (QED) is 0.245. The summed E-state index contributed by atoms with van der Waals surface area (Å²) in [5.41, 5.74) is 4.12. The average Bonchev–Trinajstić information content (AvgIpc) is 3.33. The summed E-state index contributed by atoms with van der Waals surface area (Å²) in [5, 5.41) is 36.0. The number of amides is 1. The Labute approximate surface area is 230 Å². The Hall–Kier alpha value is -3.68. The molecule has 4 N–H and O–H groups in total. The number of benzene rings is 1. The minimum atomic E-state index is -1.08. The second-order valence-corrected chi connectivity index (χ2v) is 9.50. The number of hydrogen-bond acceptors (Lipinski definition) is 7. The number of nitriles is 1. The van der Waals surface area contributed by atoms with Crippen LogP contribution < -0.4 is 21.1 Å². The van der Waals surface area contributed by atoms with Gasteiger partial charge in [-0.25, -0.2) is 0 Å². The maximum Gasteiger partial charge on any atom is 0.262 e. The molecule has 1 aromatic heterocycles. The normalized spacial score (nSPS) is 16.4. The van der Waals surface area contributed by atoms with E-state index in [4.69, 9.17) is 9.84 Å². The lowest BCUT2D eigenvalue weighted by molar-refractivity contribution is -0.117. The van der Waals surface area contributed by atoms with Gasteiger partial charge < -0.3 is 30.2 Å². The number of aliphatic hydroxyl groups is 2. The molecule has 3 rings (SSSR count). The average molecular weight is 534 g/mol. The molecule has 2 aromatic rings. The number of allylic oxidation sites excluding steroid dienone is 3. The fourth-order valence-electron chi connectivity index (χ4n) is 4.47. The van der Waals surface area contributed by atoms with E-state index in [9.17, 15) is 15.2 Å². The number of aliphatic hydroxyl groups excluding tert-OH is 2. The first-order valence-electron chi connectivity index (χ1n) is 13.1. The Morgan fingerprint density at radius 3 is 2.64 bits per heavy atom. The van der Waals surface area contributed by atoms with Crippen LogP contribution in [0, 0.1) is 11.3 Å². The lowest BCUT2D eigenvalue weighted by Gasteiger charge is -2.26. The largest absolute Gasteiger partial charge is 0.394 e. The molecule has 2 heterocycles. The molecule has 9 heteroatoms. The van der Waals surface area contributed by atoms with Crippen LogP contribution in [0.1, 0.15) is 19.5 Å². The number of ether oxygens (including phenoxy) is 1. The van der Waals surface area contributed by atoms with Crippen molar-refractivity contribution in [3.05, 3.63) is 63.8 Å². The lowest BCUT2D eigenvalue weighted by Crippen LogP contribution is -2.40. The van der Waals surface area contributed by atoms with Crippen molar-refractivity contribution in [1.82, 2.24) is 20.1 Å². The van der Waals surface area contributed by atoms with Gasteiger partial charge in [0.25, 0.3) is 5.91 Å². The van der Waals surface area contributed by atoms with Gasteiger partial charge in [-0.05, 0) is 59.7 Å². The summed E-state index contributed by atoms with van der Waals surface area (Å²) in [6.07, 6.45) is 3.07. The summed E-state index contributed by atoms with van der Waals surface area (Å²) in [7, 11) is 1.88. The number of carbonyl (C=O) groups excluding carboxylic acids is 1. The molecule has 1 aromatic carbocycles. The standard InChI is InChI=1S/C30H39N5O4/c1-5-25(32-10-11-35-12-14-39-15-13-35)17-23-6-7-24(16-21(23)2)29-9-8-28(34(29)4)22(3)27(18-31)30(38)33-19-26(37)20-36/h5-9,16-17,26,32,36-37H,2,10-15,19-20H2,1,3-4H3,(H,33,38)/b23-17-,25-5+,27-22+. The highest BCUT2D eigenvalue weighted by Crippen LogP contribution is 2.26. The van der Waals surface area contributed by atoms with Gasteiger partial charge in [-0.2, -0.15) is 5.26 Å². The molecule has 1 fully saturated rings. The third kappa shape index (κ3) is 7.91. The van der Waals surface area contributed by atoms with Crippen molar-refractivity contribution >= 4 is 24.1 Å². The SMILES string of the molecule is C=c1cc(-c2ccc(/C(C)=C(\C#N)C(=O)NCC(O)CO)n2C)cc/c1=C/C(=C\C)NCCN1CCOCC1. The predicted octanol–water partition coefficient (Wildman–Crippen LogP) is 0.475. The van der Waals surface area contributed by atoms with Crippen molar-refractivity contribution in [1.29, 1.82) is 5.26 Å². The Balaban J connectivity index is 1.77. The topological polar surface area (TPSA) is 123 Å². The minimum Gasteiger partial charge on any atom is -0.394 e. The number of nitrogens with zero attached hydrogens (tertiary/aromatic N) is 3. The zero-order valence-electron chi connectivity index (χ0n) is 23.0. The second kappa shape index (κ2) is 14.5. The maximum absolute atomic E-state index is 12.5. The van der Waals surface area contributed by atoms with E-state index in [1.54, 1.807) is 6.92 Å². The summed E-state index contributed by atoms with van der Waals surface area (Å²) in [5.74, 6) is -0.594. The first-order valence-corrected chi connectivity index (χ1v) is 13.1. The van der Waals surface area contributed by atoms with E-state index in [1.807, 2.05) is 54.9 Å². The number of nitrogens with one attached hydrogen (secondary N) is 2. The van der Waals surface area contributed by atoms with Crippen LogP contribution >= 0.6 is 0 Å². The van der Waals surface area contributed by atoms with Crippen LogP contribution in [0.3, 0.4) is 0 Å². The van der Waals surface area contributed by atoms with E-state index in [0.717, 1.165) is 72.5 Å². The number of hydrogen-bond donors (Lipinski definition) is 4. The molecule has 1 saturated heterocycles. The minimum absolute atomic E-state index is 0.0457. The fourth-order valence-corrected chi connectivity index (χ4v) is 4.47. The highest BCUT2D eigenvalue weighted by atomic mass is 16.5. The van der Waals surface area contributed by atoms with E-state index < -0.39 is 18.6 Å². The number of aromatic nitrogens is 1. The fraction of sp³-hybridized carbons (Fsp3) is 0.400. The Morgan fingerprint density at radius 1 is 1.26 bits per heavy atom. The van der Waals surface area contributed by atoms with Crippen LogP contribution in [-0.2, 0) is 16.6 Å². The van der Waals surface area contributed by atoms with Crippen molar-refractivity contribution < 1.29 is 19.7 Å². The monoisotopic (exact) mass is 533 g/mol. The third-order valence-electron chi connectivity index (χ3n) is 6.85. The molecule has 208 valence electrons. The molecule has 1 amide bonds. The van der Waals surface area contributed by atoms with Gasteiger partial charge in [0.1, 0.15) is 11.6 Å². The van der Waals surface area contributed by atoms with Crippen molar-refractivity contribution in [2.45, 2.75) is 20.0 Å². The van der Waals surface area contributed by atoms with Crippen molar-refractivity contribution in [2.24, 2.45) is 7.05 Å². The second-order valence-electron chi connectivity index (χ2n) is 9.50. The van der Waals surface area contributed by atoms with Crippen LogP contribution in [0.2, 0.25) is 0 Å². The molecule has 1 atom stereocenters. The summed E-state index contributed by atoms with van der Waals surface area (Å²) < 4.78 is 7.35. The molecule has 1 unspecified atom stereocenters. The van der Waals surface area contributed by atoms with Crippen molar-refractivity contribution in [3.63, 3.8) is 0 Å². The Bertz CT molecular complexity index is 1360. The molecular formula is C30H39N5O4. The number of rotatable bonds is 11. The zero-order chi connectivity index (χ0) is 28.4. The van der Waals surface area contributed by atoms with E-state index in [-0.39, 0.29) is 12.1 Å². The first kappa shape index (κ1) is 29.9. The van der Waals surface area contributed by atoms with E-state index in [0.29, 0.717) is 5.57 Å². The zero-order valence-corrected chi connectivity index (χ0v) is 23.0. The van der Waals surface area contributed by atoms with Crippen LogP contribution in [0.15, 0.2) is 47.7 Å². The molecule has 9 nitrogen and oxygen atoms in total. The third-order valence-corrected chi connectivity index (χ3v) is 6.85. The first-order chi connectivity index (χ1) is 18.8. The molecule has 0 aliphatic carbocycles. The summed E-state index contributed by atoms with van der Waals surface area (Å²) in [6.45, 7) is 12.7. The van der Waals surface area contributed by atoms with Crippen molar-refractivity contribution in [2.75, 3.05) is 52.5 Å². The summed E-state index contributed by atoms with van der Waals surface area (Å²) in [4.78, 5) is 14.9. The highest BCUT2D eigenvalue weighted by molar-refractivity contribution is 6.04. The predicted molar refractivity (Wildman–Crippen MR) is 153 cm³/mol. The van der Waals surface area contributed by atoms with Crippen LogP contribution in [0.25, 0.3) is 29.5 Å². The van der Waals surface area contributed by atoms with Gasteiger partial charge in [0.2, 0.25) is 0 Å². The smallest absolute Gasteiger partial charge is 0.262 e.